The van der Waals surface area contributed by atoms with Crippen LogP contribution >= 0.6 is 0 Å². The van der Waals surface area contributed by atoms with E-state index in [1.807, 2.05) is 0 Å². The lowest BCUT2D eigenvalue weighted by Gasteiger charge is -1.95. The SMILES string of the molecule is O=C(C=C[O-])c1ccc(F)cc1. The summed E-state index contributed by atoms with van der Waals surface area (Å²) < 4.78 is 12.3. The van der Waals surface area contributed by atoms with Gasteiger partial charge in [0.15, 0.2) is 5.78 Å². The summed E-state index contributed by atoms with van der Waals surface area (Å²) in [6, 6.07) is 5.01. The van der Waals surface area contributed by atoms with Gasteiger partial charge in [-0.25, -0.2) is 4.39 Å². The Hall–Kier alpha value is -1.64. The molecule has 0 aliphatic rings. The molecular formula is C9H6FO2-. The van der Waals surface area contributed by atoms with Crippen LogP contribution in [0.1, 0.15) is 10.4 Å². The zero-order chi connectivity index (χ0) is 8.97. The molecule has 0 aliphatic carbocycles. The fraction of sp³-hybridized carbons (Fsp3) is 0. The average molecular weight is 165 g/mol. The third-order valence-corrected chi connectivity index (χ3v) is 1.35. The van der Waals surface area contributed by atoms with Gasteiger partial charge in [-0.15, -0.1) is 6.26 Å². The van der Waals surface area contributed by atoms with Gasteiger partial charge >= 0.3 is 0 Å². The summed E-state index contributed by atoms with van der Waals surface area (Å²) in [6.45, 7) is 0. The van der Waals surface area contributed by atoms with Gasteiger partial charge in [-0.1, -0.05) is 0 Å². The monoisotopic (exact) mass is 165 g/mol. The second-order valence-electron chi connectivity index (χ2n) is 2.17. The van der Waals surface area contributed by atoms with Crippen molar-refractivity contribution in [1.82, 2.24) is 0 Å². The molecule has 1 rings (SSSR count). The molecule has 1 aromatic carbocycles. The van der Waals surface area contributed by atoms with Crippen molar-refractivity contribution in [2.45, 2.75) is 0 Å². The second kappa shape index (κ2) is 3.67. The molecule has 1 aromatic rings. The average Bonchev–Trinajstić information content (AvgIpc) is 2.06. The number of carbonyl (C=O) groups excluding carboxylic acids is 1. The van der Waals surface area contributed by atoms with Gasteiger partial charge in [-0.2, -0.15) is 0 Å². The van der Waals surface area contributed by atoms with Crippen molar-refractivity contribution < 1.29 is 14.3 Å². The summed E-state index contributed by atoms with van der Waals surface area (Å²) >= 11 is 0. The van der Waals surface area contributed by atoms with Crippen LogP contribution in [0.2, 0.25) is 0 Å². The van der Waals surface area contributed by atoms with Gasteiger partial charge in [0, 0.05) is 5.56 Å². The highest BCUT2D eigenvalue weighted by Crippen LogP contribution is 2.03. The van der Waals surface area contributed by atoms with E-state index < -0.39 is 11.6 Å². The maximum absolute atomic E-state index is 12.3. The van der Waals surface area contributed by atoms with E-state index in [0.717, 1.165) is 6.08 Å². The molecule has 0 heterocycles. The van der Waals surface area contributed by atoms with E-state index in [0.29, 0.717) is 11.8 Å². The minimum atomic E-state index is -0.412. The van der Waals surface area contributed by atoms with Crippen molar-refractivity contribution in [2.75, 3.05) is 0 Å². The molecule has 0 aromatic heterocycles. The van der Waals surface area contributed by atoms with Crippen LogP contribution < -0.4 is 5.11 Å². The van der Waals surface area contributed by atoms with Crippen LogP contribution in [0.3, 0.4) is 0 Å². The molecule has 0 amide bonds. The van der Waals surface area contributed by atoms with Gasteiger partial charge in [-0.3, -0.25) is 4.79 Å². The number of benzene rings is 1. The first-order valence-electron chi connectivity index (χ1n) is 3.32. The predicted molar refractivity (Wildman–Crippen MR) is 39.9 cm³/mol. The fourth-order valence-electron chi connectivity index (χ4n) is 0.772. The highest BCUT2D eigenvalue weighted by molar-refractivity contribution is 6.04. The van der Waals surface area contributed by atoms with Crippen LogP contribution in [0.25, 0.3) is 0 Å². The Balaban J connectivity index is 2.90. The van der Waals surface area contributed by atoms with E-state index in [1.54, 1.807) is 0 Å². The zero-order valence-electron chi connectivity index (χ0n) is 6.16. The molecule has 62 valence electrons. The third-order valence-electron chi connectivity index (χ3n) is 1.35. The molecule has 3 heteroatoms. The number of halogens is 1. The van der Waals surface area contributed by atoms with Crippen molar-refractivity contribution in [3.05, 3.63) is 48.0 Å². The lowest BCUT2D eigenvalue weighted by molar-refractivity contribution is -0.274. The Labute approximate surface area is 69.0 Å². The molecule has 0 N–H and O–H groups in total. The van der Waals surface area contributed by atoms with Gasteiger partial charge in [0.05, 0.1) is 0 Å². The first kappa shape index (κ1) is 8.46. The summed E-state index contributed by atoms with van der Waals surface area (Å²) in [7, 11) is 0. The largest absolute Gasteiger partial charge is 0.878 e. The van der Waals surface area contributed by atoms with Crippen LogP contribution in [-0.4, -0.2) is 5.78 Å². The van der Waals surface area contributed by atoms with Gasteiger partial charge in [-0.05, 0) is 30.3 Å². The predicted octanol–water partition coefficient (Wildman–Crippen LogP) is 0.882. The molecule has 0 saturated heterocycles. The van der Waals surface area contributed by atoms with Crippen molar-refractivity contribution in [2.24, 2.45) is 0 Å². The van der Waals surface area contributed by atoms with Crippen LogP contribution in [0.15, 0.2) is 36.6 Å². The molecule has 0 aliphatic heterocycles. The minimum absolute atomic E-state index is 0.309. The van der Waals surface area contributed by atoms with E-state index in [4.69, 9.17) is 0 Å². The standard InChI is InChI=1S/C9H7FO2/c10-8-3-1-7(2-4-8)9(12)5-6-11/h1-6,11H/p-1. The summed E-state index contributed by atoms with van der Waals surface area (Å²) in [5.74, 6) is -0.817. The number of rotatable bonds is 2. The fourth-order valence-corrected chi connectivity index (χ4v) is 0.772. The lowest BCUT2D eigenvalue weighted by atomic mass is 10.1. The molecular weight excluding hydrogens is 159 g/mol. The second-order valence-corrected chi connectivity index (χ2v) is 2.17. The molecule has 0 spiro atoms. The number of carbonyl (C=O) groups is 1. The van der Waals surface area contributed by atoms with Crippen molar-refractivity contribution in [3.63, 3.8) is 0 Å². The molecule has 0 bridgehead atoms. The van der Waals surface area contributed by atoms with Crippen molar-refractivity contribution >= 4 is 5.78 Å². The first-order chi connectivity index (χ1) is 5.74. The van der Waals surface area contributed by atoms with Crippen LogP contribution in [0.4, 0.5) is 4.39 Å². The maximum Gasteiger partial charge on any atom is 0.184 e. The number of hydrogen-bond donors (Lipinski definition) is 0. The molecule has 2 nitrogen and oxygen atoms in total. The van der Waals surface area contributed by atoms with E-state index in [1.165, 1.54) is 24.3 Å². The normalized spacial score (nSPS) is 10.4. The highest BCUT2D eigenvalue weighted by Gasteiger charge is 1.99. The number of allylic oxidation sites excluding steroid dienone is 1. The van der Waals surface area contributed by atoms with E-state index in [-0.39, 0.29) is 0 Å². The summed E-state index contributed by atoms with van der Waals surface area (Å²) in [4.78, 5) is 10.9. The first-order valence-corrected chi connectivity index (χ1v) is 3.32. The smallest absolute Gasteiger partial charge is 0.184 e. The Morgan fingerprint density at radius 2 is 1.92 bits per heavy atom. The van der Waals surface area contributed by atoms with Crippen molar-refractivity contribution in [1.29, 1.82) is 0 Å². The van der Waals surface area contributed by atoms with Gasteiger partial charge in [0.2, 0.25) is 0 Å². The Bertz CT molecular complexity index is 301. The van der Waals surface area contributed by atoms with Crippen LogP contribution in [0, 0.1) is 5.82 Å². The number of ketones is 1. The van der Waals surface area contributed by atoms with Gasteiger partial charge in [0.1, 0.15) is 5.82 Å². The summed E-state index contributed by atoms with van der Waals surface area (Å²) in [5.41, 5.74) is 0.309. The van der Waals surface area contributed by atoms with Gasteiger partial charge < -0.3 is 5.11 Å². The van der Waals surface area contributed by atoms with E-state index in [2.05, 4.69) is 0 Å². The molecule has 0 radical (unpaired) electrons. The van der Waals surface area contributed by atoms with Crippen LogP contribution in [0.5, 0.6) is 0 Å². The quantitative estimate of drug-likeness (QED) is 0.371. The van der Waals surface area contributed by atoms with Crippen molar-refractivity contribution in [3.8, 4) is 0 Å². The molecule has 0 fully saturated rings. The Morgan fingerprint density at radius 3 is 2.42 bits per heavy atom. The van der Waals surface area contributed by atoms with E-state index >= 15 is 0 Å². The molecule has 0 saturated carbocycles. The Morgan fingerprint density at radius 1 is 1.33 bits per heavy atom. The molecule has 12 heavy (non-hydrogen) atoms. The lowest BCUT2D eigenvalue weighted by Crippen LogP contribution is -1.96. The Kier molecular flexibility index (Phi) is 2.58. The summed E-state index contributed by atoms with van der Waals surface area (Å²) in [6.07, 6.45) is 1.30. The number of hydrogen-bond acceptors (Lipinski definition) is 2. The molecule has 0 atom stereocenters. The topological polar surface area (TPSA) is 40.1 Å². The van der Waals surface area contributed by atoms with E-state index in [9.17, 15) is 14.3 Å². The van der Waals surface area contributed by atoms with Gasteiger partial charge in [0.25, 0.3) is 0 Å². The highest BCUT2D eigenvalue weighted by atomic mass is 19.1. The molecule has 0 unspecified atom stereocenters. The summed E-state index contributed by atoms with van der Waals surface area (Å²) in [5, 5.41) is 9.91. The van der Waals surface area contributed by atoms with Crippen LogP contribution in [-0.2, 0) is 0 Å². The minimum Gasteiger partial charge on any atom is -0.878 e. The zero-order valence-corrected chi connectivity index (χ0v) is 6.16. The maximum atomic E-state index is 12.3. The third kappa shape index (κ3) is 1.92.